The molecule has 0 nitrogen and oxygen atoms in total. The maximum Gasteiger partial charge on any atom is -0.0233 e. The zero-order chi connectivity index (χ0) is 13.0. The fourth-order valence-corrected chi connectivity index (χ4v) is 0.816. The highest BCUT2D eigenvalue weighted by atomic mass is 13.9. The first-order valence-electron chi connectivity index (χ1n) is 6.29. The SMILES string of the molecule is C=Cc1ccccc1C.CC.CCC(C)C. The molecule has 0 heteroatoms. The lowest BCUT2D eigenvalue weighted by molar-refractivity contribution is 0.626. The van der Waals surface area contributed by atoms with Gasteiger partial charge in [-0.3, -0.25) is 0 Å². The van der Waals surface area contributed by atoms with Crippen LogP contribution in [0.3, 0.4) is 0 Å². The summed E-state index contributed by atoms with van der Waals surface area (Å²) in [5.41, 5.74) is 2.50. The first kappa shape index (κ1) is 17.4. The molecule has 0 bridgehead atoms. The highest BCUT2D eigenvalue weighted by Crippen LogP contribution is 2.06. The summed E-state index contributed by atoms with van der Waals surface area (Å²) in [5.74, 6) is 0.884. The van der Waals surface area contributed by atoms with E-state index in [4.69, 9.17) is 0 Å². The van der Waals surface area contributed by atoms with Gasteiger partial charge in [0.05, 0.1) is 0 Å². The Morgan fingerprint density at radius 1 is 1.19 bits per heavy atom. The molecule has 0 aliphatic heterocycles. The summed E-state index contributed by atoms with van der Waals surface area (Å²) in [4.78, 5) is 0. The van der Waals surface area contributed by atoms with Crippen molar-refractivity contribution in [2.75, 3.05) is 0 Å². The molecule has 0 radical (unpaired) electrons. The fourth-order valence-electron chi connectivity index (χ4n) is 0.816. The van der Waals surface area contributed by atoms with Gasteiger partial charge in [0, 0.05) is 0 Å². The van der Waals surface area contributed by atoms with E-state index in [1.807, 2.05) is 32.1 Å². The van der Waals surface area contributed by atoms with Crippen molar-refractivity contribution >= 4 is 6.08 Å². The molecular formula is C16H28. The molecule has 0 atom stereocenters. The van der Waals surface area contributed by atoms with Crippen LogP contribution in [-0.4, -0.2) is 0 Å². The van der Waals surface area contributed by atoms with Crippen LogP contribution >= 0.6 is 0 Å². The smallest absolute Gasteiger partial charge is 0.0233 e. The highest BCUT2D eigenvalue weighted by Gasteiger charge is 1.86. The van der Waals surface area contributed by atoms with Crippen molar-refractivity contribution in [3.63, 3.8) is 0 Å². The molecule has 0 saturated carbocycles. The van der Waals surface area contributed by atoms with E-state index >= 15 is 0 Å². The Hall–Kier alpha value is -1.04. The molecule has 0 fully saturated rings. The first-order chi connectivity index (χ1) is 7.61. The Morgan fingerprint density at radius 3 is 1.88 bits per heavy atom. The molecule has 0 aromatic heterocycles. The summed E-state index contributed by atoms with van der Waals surface area (Å²) in [6.45, 7) is 16.4. The number of aryl methyl sites for hydroxylation is 1. The highest BCUT2D eigenvalue weighted by molar-refractivity contribution is 5.50. The Kier molecular flexibility index (Phi) is 13.1. The molecule has 0 saturated heterocycles. The Bertz CT molecular complexity index is 258. The van der Waals surface area contributed by atoms with E-state index in [2.05, 4.69) is 46.4 Å². The molecule has 92 valence electrons. The van der Waals surface area contributed by atoms with Crippen molar-refractivity contribution in [2.24, 2.45) is 5.92 Å². The second kappa shape index (κ2) is 12.0. The zero-order valence-electron chi connectivity index (χ0n) is 11.9. The lowest BCUT2D eigenvalue weighted by Crippen LogP contribution is -1.77. The maximum absolute atomic E-state index is 3.69. The molecule has 0 heterocycles. The second-order valence-corrected chi connectivity index (χ2v) is 3.86. The minimum absolute atomic E-state index is 0.884. The normalized spacial score (nSPS) is 8.44. The summed E-state index contributed by atoms with van der Waals surface area (Å²) in [5, 5.41) is 0. The minimum Gasteiger partial charge on any atom is -0.0985 e. The van der Waals surface area contributed by atoms with Crippen molar-refractivity contribution in [3.8, 4) is 0 Å². The molecule has 0 N–H and O–H groups in total. The third kappa shape index (κ3) is 9.51. The van der Waals surface area contributed by atoms with Crippen LogP contribution in [0.2, 0.25) is 0 Å². The quantitative estimate of drug-likeness (QED) is 0.598. The van der Waals surface area contributed by atoms with Gasteiger partial charge in [-0.2, -0.15) is 0 Å². The standard InChI is InChI=1S/C9H10.C5H12.C2H6/c1-3-9-7-5-4-6-8(9)2;1-4-5(2)3;1-2/h3-7H,1H2,2H3;5H,4H2,1-3H3;1-2H3. The number of hydrogen-bond acceptors (Lipinski definition) is 0. The lowest BCUT2D eigenvalue weighted by Gasteiger charge is -1.95. The zero-order valence-corrected chi connectivity index (χ0v) is 11.9. The van der Waals surface area contributed by atoms with Gasteiger partial charge >= 0.3 is 0 Å². The summed E-state index contributed by atoms with van der Waals surface area (Å²) in [7, 11) is 0. The van der Waals surface area contributed by atoms with E-state index in [1.54, 1.807) is 0 Å². The van der Waals surface area contributed by atoms with Gasteiger partial charge in [-0.15, -0.1) is 0 Å². The van der Waals surface area contributed by atoms with Gasteiger partial charge in [0.1, 0.15) is 0 Å². The summed E-state index contributed by atoms with van der Waals surface area (Å²) < 4.78 is 0. The van der Waals surface area contributed by atoms with E-state index in [-0.39, 0.29) is 0 Å². The molecule has 0 amide bonds. The number of rotatable bonds is 2. The monoisotopic (exact) mass is 220 g/mol. The third-order valence-electron chi connectivity index (χ3n) is 2.22. The third-order valence-corrected chi connectivity index (χ3v) is 2.22. The van der Waals surface area contributed by atoms with Gasteiger partial charge in [0.25, 0.3) is 0 Å². The van der Waals surface area contributed by atoms with E-state index < -0.39 is 0 Å². The van der Waals surface area contributed by atoms with Crippen molar-refractivity contribution in [3.05, 3.63) is 42.0 Å². The van der Waals surface area contributed by atoms with E-state index in [9.17, 15) is 0 Å². The molecule has 1 aromatic carbocycles. The molecule has 1 rings (SSSR count). The van der Waals surface area contributed by atoms with Gasteiger partial charge < -0.3 is 0 Å². The average Bonchev–Trinajstić information content (AvgIpc) is 2.33. The Balaban J connectivity index is 0. The van der Waals surface area contributed by atoms with Gasteiger partial charge in [-0.05, 0) is 24.0 Å². The van der Waals surface area contributed by atoms with E-state index in [0.29, 0.717) is 0 Å². The van der Waals surface area contributed by atoms with Crippen molar-refractivity contribution in [2.45, 2.75) is 48.0 Å². The number of hydrogen-bond donors (Lipinski definition) is 0. The summed E-state index contributed by atoms with van der Waals surface area (Å²) >= 11 is 0. The van der Waals surface area contributed by atoms with Crippen molar-refractivity contribution in [1.82, 2.24) is 0 Å². The van der Waals surface area contributed by atoms with Crippen LogP contribution in [0, 0.1) is 12.8 Å². The van der Waals surface area contributed by atoms with E-state index in [0.717, 1.165) is 5.92 Å². The number of benzene rings is 1. The Morgan fingerprint density at radius 2 is 1.62 bits per heavy atom. The topological polar surface area (TPSA) is 0 Å². The van der Waals surface area contributed by atoms with Gasteiger partial charge in [-0.25, -0.2) is 0 Å². The van der Waals surface area contributed by atoms with Gasteiger partial charge in [0.15, 0.2) is 0 Å². The van der Waals surface area contributed by atoms with Crippen LogP contribution in [0.25, 0.3) is 6.08 Å². The Labute approximate surface area is 102 Å². The van der Waals surface area contributed by atoms with Crippen LogP contribution in [-0.2, 0) is 0 Å². The molecule has 0 spiro atoms. The molecule has 16 heavy (non-hydrogen) atoms. The predicted octanol–water partition coefficient (Wildman–Crippen LogP) is 5.72. The lowest BCUT2D eigenvalue weighted by atomic mass is 10.1. The average molecular weight is 220 g/mol. The summed E-state index contributed by atoms with van der Waals surface area (Å²) in [6, 6.07) is 8.19. The van der Waals surface area contributed by atoms with Crippen molar-refractivity contribution < 1.29 is 0 Å². The summed E-state index contributed by atoms with van der Waals surface area (Å²) in [6.07, 6.45) is 3.18. The molecule has 0 aliphatic carbocycles. The molecule has 0 unspecified atom stereocenters. The van der Waals surface area contributed by atoms with Crippen LogP contribution in [0.4, 0.5) is 0 Å². The van der Waals surface area contributed by atoms with Crippen LogP contribution < -0.4 is 0 Å². The maximum atomic E-state index is 3.69. The van der Waals surface area contributed by atoms with Crippen molar-refractivity contribution in [1.29, 1.82) is 0 Å². The van der Waals surface area contributed by atoms with Gasteiger partial charge in [-0.1, -0.05) is 78.0 Å². The van der Waals surface area contributed by atoms with Gasteiger partial charge in [0.2, 0.25) is 0 Å². The predicted molar refractivity (Wildman–Crippen MR) is 77.7 cm³/mol. The largest absolute Gasteiger partial charge is 0.0985 e. The molecular weight excluding hydrogens is 192 g/mol. The van der Waals surface area contributed by atoms with Crippen LogP contribution in [0.5, 0.6) is 0 Å². The van der Waals surface area contributed by atoms with Crippen LogP contribution in [0.1, 0.15) is 52.2 Å². The van der Waals surface area contributed by atoms with E-state index in [1.165, 1.54) is 17.5 Å². The second-order valence-electron chi connectivity index (χ2n) is 3.86. The minimum atomic E-state index is 0.884. The first-order valence-corrected chi connectivity index (χ1v) is 6.29. The molecule has 1 aromatic rings. The van der Waals surface area contributed by atoms with Crippen LogP contribution in [0.15, 0.2) is 30.8 Å². The molecule has 0 aliphatic rings. The fraction of sp³-hybridized carbons (Fsp3) is 0.500.